The van der Waals surface area contributed by atoms with Crippen LogP contribution in [-0.2, 0) is 9.53 Å². The van der Waals surface area contributed by atoms with Gasteiger partial charge in [0.2, 0.25) is 0 Å². The van der Waals surface area contributed by atoms with Crippen LogP contribution >= 0.6 is 0 Å². The Kier molecular flexibility index (Phi) is 3.53. The first-order chi connectivity index (χ1) is 5.75. The summed E-state index contributed by atoms with van der Waals surface area (Å²) in [7, 11) is 1.46. The highest BCUT2D eigenvalue weighted by Crippen LogP contribution is 2.22. The molecule has 1 aliphatic heterocycles. The number of piperidine rings is 1. The molecular formula is C9H17NO2. The van der Waals surface area contributed by atoms with Gasteiger partial charge in [-0.1, -0.05) is 6.92 Å². The fraction of sp³-hybridized carbons (Fsp3) is 0.889. The molecule has 1 saturated heterocycles. The summed E-state index contributed by atoms with van der Waals surface area (Å²) in [6.45, 7) is 4.03. The Morgan fingerprint density at radius 3 is 2.58 bits per heavy atom. The lowest BCUT2D eigenvalue weighted by molar-refractivity contribution is -0.147. The Hall–Kier alpha value is -0.570. The Morgan fingerprint density at radius 1 is 1.50 bits per heavy atom. The maximum Gasteiger partial charge on any atom is 0.308 e. The number of esters is 1. The van der Waals surface area contributed by atoms with E-state index in [0.29, 0.717) is 5.92 Å². The van der Waals surface area contributed by atoms with Crippen molar-refractivity contribution in [1.82, 2.24) is 5.32 Å². The Bertz CT molecular complexity index is 153. The molecular weight excluding hydrogens is 154 g/mol. The lowest BCUT2D eigenvalue weighted by Gasteiger charge is -2.26. The van der Waals surface area contributed by atoms with Gasteiger partial charge in [0.25, 0.3) is 0 Å². The van der Waals surface area contributed by atoms with Gasteiger partial charge in [0.1, 0.15) is 0 Å². The summed E-state index contributed by atoms with van der Waals surface area (Å²) in [5.41, 5.74) is 0. The lowest BCUT2D eigenvalue weighted by Crippen LogP contribution is -2.33. The largest absolute Gasteiger partial charge is 0.469 e. The van der Waals surface area contributed by atoms with Crippen molar-refractivity contribution in [1.29, 1.82) is 0 Å². The van der Waals surface area contributed by atoms with Crippen LogP contribution in [0, 0.1) is 11.8 Å². The van der Waals surface area contributed by atoms with E-state index >= 15 is 0 Å². The highest BCUT2D eigenvalue weighted by Gasteiger charge is 2.25. The van der Waals surface area contributed by atoms with E-state index in [1.807, 2.05) is 6.92 Å². The van der Waals surface area contributed by atoms with Gasteiger partial charge in [-0.2, -0.15) is 0 Å². The Labute approximate surface area is 73.5 Å². The van der Waals surface area contributed by atoms with Crippen LogP contribution < -0.4 is 5.32 Å². The smallest absolute Gasteiger partial charge is 0.308 e. The average Bonchev–Trinajstić information content (AvgIpc) is 2.17. The summed E-state index contributed by atoms with van der Waals surface area (Å²) < 4.78 is 4.71. The van der Waals surface area contributed by atoms with Gasteiger partial charge in [-0.15, -0.1) is 0 Å². The molecule has 1 unspecified atom stereocenters. The van der Waals surface area contributed by atoms with Crippen molar-refractivity contribution in [2.24, 2.45) is 11.8 Å². The van der Waals surface area contributed by atoms with Crippen LogP contribution in [0.2, 0.25) is 0 Å². The summed E-state index contributed by atoms with van der Waals surface area (Å²) in [6.07, 6.45) is 2.19. The van der Waals surface area contributed by atoms with E-state index in [1.165, 1.54) is 7.11 Å². The van der Waals surface area contributed by atoms with Crippen molar-refractivity contribution in [2.45, 2.75) is 19.8 Å². The molecule has 1 atom stereocenters. The first-order valence-electron chi connectivity index (χ1n) is 4.54. The van der Waals surface area contributed by atoms with Crippen LogP contribution in [0.25, 0.3) is 0 Å². The molecule has 0 aliphatic carbocycles. The van der Waals surface area contributed by atoms with Crippen molar-refractivity contribution in [2.75, 3.05) is 20.2 Å². The zero-order chi connectivity index (χ0) is 8.97. The van der Waals surface area contributed by atoms with Gasteiger partial charge in [0.05, 0.1) is 13.0 Å². The SMILES string of the molecule is COC(=O)C(C)C1CCNCC1. The Morgan fingerprint density at radius 2 is 2.08 bits per heavy atom. The predicted octanol–water partition coefficient (Wildman–Crippen LogP) is 0.795. The third-order valence-electron chi connectivity index (χ3n) is 2.66. The minimum atomic E-state index is -0.0677. The monoisotopic (exact) mass is 171 g/mol. The molecule has 1 N–H and O–H groups in total. The fourth-order valence-electron chi connectivity index (χ4n) is 1.72. The number of carbonyl (C=O) groups is 1. The lowest BCUT2D eigenvalue weighted by atomic mass is 9.86. The highest BCUT2D eigenvalue weighted by atomic mass is 16.5. The number of carbonyl (C=O) groups excluding carboxylic acids is 1. The third-order valence-corrected chi connectivity index (χ3v) is 2.66. The highest BCUT2D eigenvalue weighted by molar-refractivity contribution is 5.72. The van der Waals surface area contributed by atoms with Crippen LogP contribution in [0.15, 0.2) is 0 Å². The van der Waals surface area contributed by atoms with E-state index in [9.17, 15) is 4.79 Å². The first kappa shape index (κ1) is 9.52. The number of rotatable bonds is 2. The number of hydrogen-bond acceptors (Lipinski definition) is 3. The predicted molar refractivity (Wildman–Crippen MR) is 46.8 cm³/mol. The summed E-state index contributed by atoms with van der Waals surface area (Å²) in [4.78, 5) is 11.2. The topological polar surface area (TPSA) is 38.3 Å². The molecule has 0 saturated carbocycles. The van der Waals surface area contributed by atoms with E-state index in [0.717, 1.165) is 25.9 Å². The van der Waals surface area contributed by atoms with Gasteiger partial charge in [-0.25, -0.2) is 0 Å². The molecule has 3 heteroatoms. The fourth-order valence-corrected chi connectivity index (χ4v) is 1.72. The molecule has 0 aromatic carbocycles. The van der Waals surface area contributed by atoms with Crippen molar-refractivity contribution in [3.63, 3.8) is 0 Å². The molecule has 12 heavy (non-hydrogen) atoms. The second-order valence-corrected chi connectivity index (χ2v) is 3.40. The van der Waals surface area contributed by atoms with Crippen LogP contribution in [-0.4, -0.2) is 26.2 Å². The quantitative estimate of drug-likeness (QED) is 0.624. The van der Waals surface area contributed by atoms with E-state index < -0.39 is 0 Å². The average molecular weight is 171 g/mol. The van der Waals surface area contributed by atoms with Crippen LogP contribution in [0.3, 0.4) is 0 Å². The molecule has 0 spiro atoms. The zero-order valence-electron chi connectivity index (χ0n) is 7.80. The molecule has 70 valence electrons. The van der Waals surface area contributed by atoms with Gasteiger partial charge in [-0.05, 0) is 31.8 Å². The van der Waals surface area contributed by atoms with E-state index in [1.54, 1.807) is 0 Å². The Balaban J connectivity index is 2.39. The van der Waals surface area contributed by atoms with Crippen LogP contribution in [0.5, 0.6) is 0 Å². The molecule has 1 heterocycles. The van der Waals surface area contributed by atoms with Crippen LogP contribution in [0.1, 0.15) is 19.8 Å². The first-order valence-corrected chi connectivity index (χ1v) is 4.54. The summed E-state index contributed by atoms with van der Waals surface area (Å²) in [5, 5.41) is 3.27. The minimum Gasteiger partial charge on any atom is -0.469 e. The molecule has 1 fully saturated rings. The maximum atomic E-state index is 11.2. The molecule has 1 rings (SSSR count). The third kappa shape index (κ3) is 2.21. The summed E-state index contributed by atoms with van der Waals surface area (Å²) in [5.74, 6) is 0.512. The number of hydrogen-bond donors (Lipinski definition) is 1. The standard InChI is InChI=1S/C9H17NO2/c1-7(9(11)12-2)8-3-5-10-6-4-8/h7-8,10H,3-6H2,1-2H3. The van der Waals surface area contributed by atoms with E-state index in [4.69, 9.17) is 4.74 Å². The molecule has 0 bridgehead atoms. The maximum absolute atomic E-state index is 11.2. The summed E-state index contributed by atoms with van der Waals surface area (Å²) >= 11 is 0. The number of nitrogens with one attached hydrogen (secondary N) is 1. The summed E-state index contributed by atoms with van der Waals surface area (Å²) in [6, 6.07) is 0. The van der Waals surface area contributed by atoms with Gasteiger partial charge >= 0.3 is 5.97 Å². The van der Waals surface area contributed by atoms with Crippen molar-refractivity contribution in [3.8, 4) is 0 Å². The second-order valence-electron chi connectivity index (χ2n) is 3.40. The normalized spacial score (nSPS) is 21.8. The van der Waals surface area contributed by atoms with Gasteiger partial charge in [0.15, 0.2) is 0 Å². The van der Waals surface area contributed by atoms with Gasteiger partial charge in [-0.3, -0.25) is 4.79 Å². The molecule has 0 aromatic rings. The number of methoxy groups -OCH3 is 1. The molecule has 0 aromatic heterocycles. The molecule has 0 amide bonds. The van der Waals surface area contributed by atoms with Crippen molar-refractivity contribution in [3.05, 3.63) is 0 Å². The van der Waals surface area contributed by atoms with Crippen molar-refractivity contribution >= 4 is 5.97 Å². The zero-order valence-corrected chi connectivity index (χ0v) is 7.80. The number of ether oxygens (including phenoxy) is 1. The minimum absolute atomic E-state index is 0.0668. The molecule has 0 radical (unpaired) electrons. The molecule has 3 nitrogen and oxygen atoms in total. The molecule has 1 aliphatic rings. The van der Waals surface area contributed by atoms with Crippen LogP contribution in [0.4, 0.5) is 0 Å². The second kappa shape index (κ2) is 4.45. The van der Waals surface area contributed by atoms with E-state index in [-0.39, 0.29) is 11.9 Å². The van der Waals surface area contributed by atoms with Crippen molar-refractivity contribution < 1.29 is 9.53 Å². The van der Waals surface area contributed by atoms with Gasteiger partial charge in [0, 0.05) is 0 Å². The van der Waals surface area contributed by atoms with Gasteiger partial charge < -0.3 is 10.1 Å². The van der Waals surface area contributed by atoms with E-state index in [2.05, 4.69) is 5.32 Å².